The van der Waals surface area contributed by atoms with Crippen LogP contribution in [0, 0.1) is 0 Å². The number of nitrogens with two attached hydrogens (primary N) is 1. The van der Waals surface area contributed by atoms with E-state index in [1.54, 1.807) is 9.80 Å². The SMILES string of the molecule is CN(C)Cc1ccc2c(c1)CCN(C(=O)[C@@H](Cc1cc(Cl)c(N)c(C(F)(F)F)c1)OC(=O)N1CCC(N3CCc4ccccc4NC3=O)CC1)CC2. The number of amides is 4. The Labute approximate surface area is 306 Å². The molecule has 14 heteroatoms. The fraction of sp³-hybridized carbons (Fsp3) is 0.447. The third-order valence-corrected chi connectivity index (χ3v) is 10.4. The molecule has 3 aliphatic heterocycles. The number of nitrogens with one attached hydrogen (secondary N) is 1. The Morgan fingerprint density at radius 1 is 0.923 bits per heavy atom. The minimum absolute atomic E-state index is 0.0657. The number of ether oxygens (including phenoxy) is 1. The number of urea groups is 1. The topological polar surface area (TPSA) is 111 Å². The van der Waals surface area contributed by atoms with E-state index in [1.165, 1.54) is 11.0 Å². The second-order valence-corrected chi connectivity index (χ2v) is 14.4. The van der Waals surface area contributed by atoms with Crippen LogP contribution in [0.1, 0.15) is 46.2 Å². The molecule has 3 aliphatic rings. The van der Waals surface area contributed by atoms with Gasteiger partial charge in [-0.3, -0.25) is 4.79 Å². The van der Waals surface area contributed by atoms with E-state index in [2.05, 4.69) is 28.4 Å². The number of carbonyl (C=O) groups is 3. The highest BCUT2D eigenvalue weighted by Gasteiger charge is 2.37. The third kappa shape index (κ3) is 8.58. The summed E-state index contributed by atoms with van der Waals surface area (Å²) in [5.41, 5.74) is 9.27. The number of nitrogen functional groups attached to an aromatic ring is 1. The molecule has 0 aliphatic carbocycles. The number of benzene rings is 3. The van der Waals surface area contributed by atoms with Gasteiger partial charge in [-0.25, -0.2) is 9.59 Å². The Bertz CT molecular complexity index is 1810. The van der Waals surface area contributed by atoms with Gasteiger partial charge in [0.1, 0.15) is 0 Å². The number of likely N-dealkylation sites (tertiary alicyclic amines) is 1. The molecule has 0 radical (unpaired) electrons. The van der Waals surface area contributed by atoms with Gasteiger partial charge >= 0.3 is 18.3 Å². The lowest BCUT2D eigenvalue weighted by molar-refractivity contribution is -0.140. The number of alkyl halides is 3. The van der Waals surface area contributed by atoms with Crippen LogP contribution in [-0.4, -0.2) is 96.6 Å². The van der Waals surface area contributed by atoms with Gasteiger partial charge in [-0.2, -0.15) is 13.2 Å². The average molecular weight is 741 g/mol. The number of hydrogen-bond acceptors (Lipinski definition) is 6. The highest BCUT2D eigenvalue weighted by atomic mass is 35.5. The van der Waals surface area contributed by atoms with Crippen molar-refractivity contribution in [3.8, 4) is 0 Å². The maximum atomic E-state index is 14.2. The van der Waals surface area contributed by atoms with Crippen LogP contribution >= 0.6 is 11.6 Å². The lowest BCUT2D eigenvalue weighted by Crippen LogP contribution is -2.51. The Kier molecular flexibility index (Phi) is 11.2. The molecule has 278 valence electrons. The first-order valence-corrected chi connectivity index (χ1v) is 17.9. The van der Waals surface area contributed by atoms with Crippen LogP contribution in [0.3, 0.4) is 0 Å². The Balaban J connectivity index is 1.16. The number of rotatable bonds is 7. The predicted molar refractivity (Wildman–Crippen MR) is 193 cm³/mol. The van der Waals surface area contributed by atoms with E-state index in [4.69, 9.17) is 22.1 Å². The van der Waals surface area contributed by atoms with Crippen molar-refractivity contribution in [2.75, 3.05) is 57.9 Å². The van der Waals surface area contributed by atoms with Crippen molar-refractivity contribution in [2.45, 2.75) is 63.4 Å². The van der Waals surface area contributed by atoms with E-state index < -0.39 is 35.5 Å². The summed E-state index contributed by atoms with van der Waals surface area (Å²) in [6.07, 6.45) is -4.39. The minimum atomic E-state index is -4.78. The van der Waals surface area contributed by atoms with Gasteiger partial charge in [-0.15, -0.1) is 0 Å². The Morgan fingerprint density at radius 2 is 1.62 bits per heavy atom. The number of para-hydroxylation sites is 1. The van der Waals surface area contributed by atoms with E-state index in [0.29, 0.717) is 51.7 Å². The molecule has 0 saturated carbocycles. The van der Waals surface area contributed by atoms with Gasteiger partial charge < -0.3 is 35.4 Å². The fourth-order valence-electron chi connectivity index (χ4n) is 7.38. The molecule has 6 rings (SSSR count). The molecule has 4 amide bonds. The summed E-state index contributed by atoms with van der Waals surface area (Å²) in [5.74, 6) is -0.494. The number of piperidine rings is 1. The van der Waals surface area contributed by atoms with Crippen molar-refractivity contribution >= 4 is 41.0 Å². The molecule has 0 spiro atoms. The van der Waals surface area contributed by atoms with Crippen molar-refractivity contribution in [3.63, 3.8) is 0 Å². The van der Waals surface area contributed by atoms with Gasteiger partial charge in [0.05, 0.1) is 16.3 Å². The maximum absolute atomic E-state index is 14.2. The first-order chi connectivity index (χ1) is 24.8. The van der Waals surface area contributed by atoms with Crippen LogP contribution in [0.4, 0.5) is 34.1 Å². The monoisotopic (exact) mass is 740 g/mol. The highest BCUT2D eigenvalue weighted by Crippen LogP contribution is 2.38. The van der Waals surface area contributed by atoms with Crippen molar-refractivity contribution in [1.82, 2.24) is 19.6 Å². The molecule has 0 aromatic heterocycles. The van der Waals surface area contributed by atoms with Crippen LogP contribution in [0.15, 0.2) is 54.6 Å². The van der Waals surface area contributed by atoms with Crippen molar-refractivity contribution in [3.05, 3.63) is 93.0 Å². The normalized spacial score (nSPS) is 17.5. The number of nitrogens with zero attached hydrogens (tertiary/aromatic N) is 4. The Hall–Kier alpha value is -4.49. The first kappa shape index (κ1) is 37.3. The molecular formula is C38H44ClF3N6O4. The second kappa shape index (κ2) is 15.6. The van der Waals surface area contributed by atoms with Crippen LogP contribution in [-0.2, 0) is 47.9 Å². The molecule has 3 N–H and O–H groups in total. The van der Waals surface area contributed by atoms with Gasteiger partial charge in [-0.1, -0.05) is 48.0 Å². The van der Waals surface area contributed by atoms with Crippen molar-refractivity contribution in [2.24, 2.45) is 0 Å². The number of hydrogen-bond donors (Lipinski definition) is 2. The number of carbonyl (C=O) groups excluding carboxylic acids is 3. The molecule has 3 heterocycles. The maximum Gasteiger partial charge on any atom is 0.418 e. The summed E-state index contributed by atoms with van der Waals surface area (Å²) in [7, 11) is 3.99. The molecule has 0 bridgehead atoms. The Morgan fingerprint density at radius 3 is 2.33 bits per heavy atom. The fourth-order valence-corrected chi connectivity index (χ4v) is 7.62. The zero-order valence-electron chi connectivity index (χ0n) is 29.3. The van der Waals surface area contributed by atoms with E-state index in [-0.39, 0.29) is 42.2 Å². The lowest BCUT2D eigenvalue weighted by atomic mass is 10.00. The molecule has 0 unspecified atom stereocenters. The van der Waals surface area contributed by atoms with Crippen LogP contribution in [0.5, 0.6) is 0 Å². The minimum Gasteiger partial charge on any atom is -0.436 e. The van der Waals surface area contributed by atoms with Gasteiger partial charge in [0.25, 0.3) is 5.91 Å². The third-order valence-electron chi connectivity index (χ3n) is 10.1. The summed E-state index contributed by atoms with van der Waals surface area (Å²) in [5, 5.41) is 2.69. The molecule has 1 atom stereocenters. The molecule has 3 aromatic rings. The highest BCUT2D eigenvalue weighted by molar-refractivity contribution is 6.33. The average Bonchev–Trinajstić information content (AvgIpc) is 3.41. The van der Waals surface area contributed by atoms with E-state index in [1.807, 2.05) is 38.4 Å². The molecule has 1 saturated heterocycles. The molecule has 10 nitrogen and oxygen atoms in total. The van der Waals surface area contributed by atoms with Gasteiger partial charge in [0, 0.05) is 57.4 Å². The van der Waals surface area contributed by atoms with Crippen LogP contribution < -0.4 is 11.1 Å². The lowest BCUT2D eigenvalue weighted by Gasteiger charge is -2.38. The quantitative estimate of drug-likeness (QED) is 0.278. The summed E-state index contributed by atoms with van der Waals surface area (Å²) in [4.78, 5) is 47.9. The van der Waals surface area contributed by atoms with Crippen LogP contribution in [0.2, 0.25) is 5.02 Å². The van der Waals surface area contributed by atoms with Crippen molar-refractivity contribution in [1.29, 1.82) is 0 Å². The molecule has 52 heavy (non-hydrogen) atoms. The summed E-state index contributed by atoms with van der Waals surface area (Å²) in [6.45, 7) is 2.58. The first-order valence-electron chi connectivity index (χ1n) is 17.6. The zero-order chi connectivity index (χ0) is 37.2. The van der Waals surface area contributed by atoms with E-state index in [0.717, 1.165) is 40.6 Å². The predicted octanol–water partition coefficient (Wildman–Crippen LogP) is 6.23. The smallest absolute Gasteiger partial charge is 0.418 e. The molecule has 3 aromatic carbocycles. The van der Waals surface area contributed by atoms with Gasteiger partial charge in [0.15, 0.2) is 6.10 Å². The summed E-state index contributed by atoms with van der Waals surface area (Å²) < 4.78 is 47.5. The number of halogens is 4. The van der Waals surface area contributed by atoms with Crippen LogP contribution in [0.25, 0.3) is 0 Å². The summed E-state index contributed by atoms with van der Waals surface area (Å²) in [6, 6.07) is 15.8. The molecule has 1 fully saturated rings. The zero-order valence-corrected chi connectivity index (χ0v) is 30.1. The summed E-state index contributed by atoms with van der Waals surface area (Å²) >= 11 is 6.13. The second-order valence-electron chi connectivity index (χ2n) is 14.0. The molecular weight excluding hydrogens is 697 g/mol. The van der Waals surface area contributed by atoms with E-state index in [9.17, 15) is 27.6 Å². The van der Waals surface area contributed by atoms with Gasteiger partial charge in [0.2, 0.25) is 0 Å². The largest absolute Gasteiger partial charge is 0.436 e. The van der Waals surface area contributed by atoms with Gasteiger partial charge in [-0.05, 0) is 92.2 Å². The standard InChI is InChI=1S/C38H44ClF3N6O4/c1-45(2)23-24-7-8-26-9-14-46(15-10-28(26)19-24)35(49)33(22-25-20-30(38(40,41)42)34(43)31(39)21-25)52-37(51)47-16-12-29(13-17-47)48-18-11-27-5-3-4-6-32(27)44-36(48)50/h3-8,19-21,29,33H,9-18,22-23,43H2,1-2H3,(H,44,50)/t33-/m1/s1. The van der Waals surface area contributed by atoms with E-state index >= 15 is 0 Å². The van der Waals surface area contributed by atoms with Crippen molar-refractivity contribution < 1.29 is 32.3 Å². The number of fused-ring (bicyclic) bond motifs is 2. The number of anilines is 2.